The maximum absolute atomic E-state index is 12.2. The number of anilines is 3. The second-order valence-corrected chi connectivity index (χ2v) is 7.03. The van der Waals surface area contributed by atoms with Crippen LogP contribution in [0.1, 0.15) is 29.0 Å². The summed E-state index contributed by atoms with van der Waals surface area (Å²) in [4.78, 5) is 16.6. The summed E-state index contributed by atoms with van der Waals surface area (Å²) in [7, 11) is 0. The van der Waals surface area contributed by atoms with E-state index in [4.69, 9.17) is 16.9 Å². The summed E-state index contributed by atoms with van der Waals surface area (Å²) < 4.78 is 0.134. The zero-order valence-electron chi connectivity index (χ0n) is 13.5. The van der Waals surface area contributed by atoms with E-state index in [1.165, 1.54) is 0 Å². The van der Waals surface area contributed by atoms with Crippen LogP contribution in [0.4, 0.5) is 16.5 Å². The molecule has 1 atom stereocenters. The molecule has 3 heterocycles. The predicted octanol–water partition coefficient (Wildman–Crippen LogP) is 2.29. The highest BCUT2D eigenvalue weighted by atomic mass is 32.1. The van der Waals surface area contributed by atoms with E-state index >= 15 is 0 Å². The zero-order chi connectivity index (χ0) is 18.4. The topological polar surface area (TPSA) is 142 Å². The van der Waals surface area contributed by atoms with Crippen molar-refractivity contribution in [3.8, 4) is 6.07 Å². The monoisotopic (exact) mass is 362 g/mol. The first kappa shape index (κ1) is 16.1. The van der Waals surface area contributed by atoms with Gasteiger partial charge in [0, 0.05) is 17.9 Å². The van der Waals surface area contributed by atoms with Gasteiger partial charge in [-0.3, -0.25) is 10.2 Å². The van der Waals surface area contributed by atoms with Crippen LogP contribution in [0.15, 0.2) is 30.3 Å². The Morgan fingerprint density at radius 2 is 2.04 bits per heavy atom. The molecule has 0 bridgehead atoms. The highest BCUT2D eigenvalue weighted by Gasteiger charge is 2.31. The van der Waals surface area contributed by atoms with Crippen molar-refractivity contribution in [2.45, 2.75) is 12.3 Å². The van der Waals surface area contributed by atoms with Gasteiger partial charge in [-0.25, -0.2) is 4.98 Å². The van der Waals surface area contributed by atoms with Gasteiger partial charge in [-0.2, -0.15) is 5.26 Å². The third kappa shape index (κ3) is 2.29. The number of pyridine rings is 1. The summed E-state index contributed by atoms with van der Waals surface area (Å²) in [5.41, 5.74) is 14.5. The Morgan fingerprint density at radius 3 is 2.73 bits per heavy atom. The van der Waals surface area contributed by atoms with Crippen LogP contribution >= 0.6 is 11.3 Å². The van der Waals surface area contributed by atoms with E-state index in [1.54, 1.807) is 0 Å². The molecule has 0 saturated carbocycles. The summed E-state index contributed by atoms with van der Waals surface area (Å²) in [5, 5.41) is 21.4. The van der Waals surface area contributed by atoms with Gasteiger partial charge in [0.05, 0.1) is 16.6 Å². The largest absolute Gasteiger partial charge is 0.397 e. The lowest BCUT2D eigenvalue weighted by Crippen LogP contribution is -2.25. The van der Waals surface area contributed by atoms with E-state index in [1.807, 2.05) is 36.4 Å². The third-order valence-electron chi connectivity index (χ3n) is 4.50. The molecular formula is C18H14N6OS. The molecule has 26 heavy (non-hydrogen) atoms. The second-order valence-electron chi connectivity index (χ2n) is 6.01. The molecule has 8 heteroatoms. The Bertz CT molecular complexity index is 1160. The fraction of sp³-hybridized carbons (Fsp3) is 0.111. The van der Waals surface area contributed by atoms with E-state index in [9.17, 15) is 10.1 Å². The quantitative estimate of drug-likeness (QED) is 0.525. The minimum absolute atomic E-state index is 0.0269. The number of nitrogens with one attached hydrogen (secondary N) is 2. The van der Waals surface area contributed by atoms with Crippen molar-refractivity contribution in [3.63, 3.8) is 0 Å². The Morgan fingerprint density at radius 1 is 1.31 bits per heavy atom. The van der Waals surface area contributed by atoms with Crippen LogP contribution in [0, 0.1) is 16.7 Å². The number of benzene rings is 1. The summed E-state index contributed by atoms with van der Waals surface area (Å²) in [6.45, 7) is 0. The van der Waals surface area contributed by atoms with Crippen molar-refractivity contribution < 1.29 is 4.79 Å². The minimum Gasteiger partial charge on any atom is -0.397 e. The first-order valence-corrected chi connectivity index (χ1v) is 8.68. The second kappa shape index (κ2) is 5.82. The van der Waals surface area contributed by atoms with Gasteiger partial charge in [0.1, 0.15) is 27.1 Å². The summed E-state index contributed by atoms with van der Waals surface area (Å²) in [5.74, 6) is -0.312. The van der Waals surface area contributed by atoms with Crippen molar-refractivity contribution >= 4 is 44.7 Å². The molecule has 7 nitrogen and oxygen atoms in total. The Balaban J connectivity index is 2.13. The Hall–Kier alpha value is -3.44. The first-order valence-electron chi connectivity index (χ1n) is 7.86. The molecule has 3 aromatic rings. The van der Waals surface area contributed by atoms with Crippen molar-refractivity contribution in [2.75, 3.05) is 16.8 Å². The molecule has 2 aromatic heterocycles. The van der Waals surface area contributed by atoms with Crippen molar-refractivity contribution in [1.82, 2.24) is 4.98 Å². The Labute approximate surface area is 152 Å². The molecule has 0 fully saturated rings. The van der Waals surface area contributed by atoms with Gasteiger partial charge in [-0.05, 0) is 5.56 Å². The van der Waals surface area contributed by atoms with Gasteiger partial charge in [-0.15, -0.1) is 0 Å². The zero-order valence-corrected chi connectivity index (χ0v) is 14.4. The number of amides is 1. The fourth-order valence-electron chi connectivity index (χ4n) is 3.33. The first-order chi connectivity index (χ1) is 12.5. The van der Waals surface area contributed by atoms with E-state index < -0.39 is 0 Å². The fourth-order valence-corrected chi connectivity index (χ4v) is 4.36. The van der Waals surface area contributed by atoms with E-state index in [2.05, 4.69) is 10.3 Å². The average molecular weight is 362 g/mol. The normalized spacial score (nSPS) is 16.0. The molecule has 128 valence electrons. The molecular weight excluding hydrogens is 348 g/mol. The number of carbonyl (C=O) groups is 1. The Kier molecular flexibility index (Phi) is 3.60. The lowest BCUT2D eigenvalue weighted by Gasteiger charge is -2.27. The highest BCUT2D eigenvalue weighted by Crippen LogP contribution is 2.43. The maximum Gasteiger partial charge on any atom is 0.225 e. The number of hydrogen-bond donors (Lipinski definition) is 4. The molecule has 6 N–H and O–H groups in total. The predicted molar refractivity (Wildman–Crippen MR) is 101 cm³/mol. The molecule has 1 aliphatic rings. The molecule has 0 spiro atoms. The number of nitrogen functional groups attached to an aromatic ring is 2. The number of carbonyl (C=O) groups excluding carboxylic acids is 1. The van der Waals surface area contributed by atoms with Crippen molar-refractivity contribution in [3.05, 3.63) is 51.7 Å². The number of nitrogens with two attached hydrogens (primary N) is 2. The molecule has 0 aliphatic carbocycles. The molecule has 4 rings (SSSR count). The summed E-state index contributed by atoms with van der Waals surface area (Å²) in [6, 6.07) is 11.6. The van der Waals surface area contributed by atoms with E-state index in [0.29, 0.717) is 15.9 Å². The van der Waals surface area contributed by atoms with Gasteiger partial charge >= 0.3 is 0 Å². The number of fused-ring (bicyclic) bond motifs is 3. The number of nitrogens with zero attached hydrogens (tertiary/aromatic N) is 2. The lowest BCUT2D eigenvalue weighted by molar-refractivity contribution is -0.116. The van der Waals surface area contributed by atoms with Crippen molar-refractivity contribution in [2.24, 2.45) is 0 Å². The van der Waals surface area contributed by atoms with Crippen molar-refractivity contribution in [1.29, 1.82) is 10.7 Å². The third-order valence-corrected chi connectivity index (χ3v) is 5.43. The SMILES string of the molecule is N#Cc1c(N)nc2c3c(sc(=N)c2c1N)NC(=O)C[C@@H]3c1ccccc1. The summed E-state index contributed by atoms with van der Waals surface area (Å²) >= 11 is 1.12. The van der Waals surface area contributed by atoms with Crippen LogP contribution in [0.3, 0.4) is 0 Å². The van der Waals surface area contributed by atoms with Crippen LogP contribution < -0.4 is 21.5 Å². The molecule has 0 radical (unpaired) electrons. The smallest absolute Gasteiger partial charge is 0.225 e. The van der Waals surface area contributed by atoms with Gasteiger partial charge in [-0.1, -0.05) is 41.7 Å². The van der Waals surface area contributed by atoms with Gasteiger partial charge in [0.15, 0.2) is 0 Å². The van der Waals surface area contributed by atoms with E-state index in [0.717, 1.165) is 22.5 Å². The number of hydrogen-bond acceptors (Lipinski definition) is 7. The van der Waals surface area contributed by atoms with Gasteiger partial charge in [0.25, 0.3) is 0 Å². The highest BCUT2D eigenvalue weighted by molar-refractivity contribution is 7.14. The minimum atomic E-state index is -0.224. The molecule has 0 saturated heterocycles. The average Bonchev–Trinajstić information content (AvgIpc) is 2.61. The van der Waals surface area contributed by atoms with E-state index in [-0.39, 0.29) is 40.0 Å². The maximum atomic E-state index is 12.2. The van der Waals surface area contributed by atoms with Gasteiger partial charge < -0.3 is 16.8 Å². The summed E-state index contributed by atoms with van der Waals surface area (Å²) in [6.07, 6.45) is 0.262. The molecule has 0 unspecified atom stereocenters. The number of nitriles is 1. The van der Waals surface area contributed by atoms with Crippen LogP contribution in [0.5, 0.6) is 0 Å². The van der Waals surface area contributed by atoms with Gasteiger partial charge in [0.2, 0.25) is 5.91 Å². The van der Waals surface area contributed by atoms with Crippen LogP contribution in [-0.4, -0.2) is 10.9 Å². The standard InChI is InChI=1S/C18H14N6OS/c19-7-10-14(20)13-15(24-16(10)21)12-9(8-4-2-1-3-5-8)6-11(25)23-18(12)26-17(13)22/h1-5,9,22H,6H2,(H,23,25)(H4,20,21,24)/t9-/m1/s1. The van der Waals surface area contributed by atoms with Crippen LogP contribution in [0.25, 0.3) is 10.9 Å². The lowest BCUT2D eigenvalue weighted by atomic mass is 9.86. The van der Waals surface area contributed by atoms with Crippen LogP contribution in [-0.2, 0) is 4.79 Å². The molecule has 1 aromatic carbocycles. The number of rotatable bonds is 1. The number of aromatic nitrogens is 1. The van der Waals surface area contributed by atoms with Crippen LogP contribution in [0.2, 0.25) is 0 Å². The molecule has 1 aliphatic heterocycles. The molecule has 1 amide bonds.